The maximum absolute atomic E-state index is 5.73. The fraction of sp³-hybridized carbons (Fsp3) is 1.00. The standard InChI is InChI=1S/C10H20O2/c1-4-6-10-11-7-9(12-10)8(3)5-2/h8-10H,4-7H2,1-3H3. The molecule has 0 amide bonds. The van der Waals surface area contributed by atoms with Crippen molar-refractivity contribution in [1.29, 1.82) is 0 Å². The van der Waals surface area contributed by atoms with Crippen molar-refractivity contribution in [2.75, 3.05) is 6.61 Å². The number of hydrogen-bond acceptors (Lipinski definition) is 2. The molecule has 12 heavy (non-hydrogen) atoms. The third-order valence-corrected chi connectivity index (χ3v) is 2.58. The Morgan fingerprint density at radius 3 is 2.75 bits per heavy atom. The van der Waals surface area contributed by atoms with E-state index in [-0.39, 0.29) is 6.29 Å². The molecule has 1 saturated heterocycles. The monoisotopic (exact) mass is 172 g/mol. The van der Waals surface area contributed by atoms with Crippen molar-refractivity contribution in [3.63, 3.8) is 0 Å². The van der Waals surface area contributed by atoms with Crippen LogP contribution in [0.25, 0.3) is 0 Å². The Bertz CT molecular complexity index is 125. The molecule has 0 N–H and O–H groups in total. The minimum Gasteiger partial charge on any atom is -0.350 e. The molecule has 1 aliphatic heterocycles. The van der Waals surface area contributed by atoms with Crippen LogP contribution in [0.15, 0.2) is 0 Å². The SMILES string of the molecule is CCCC1OCC(C(C)CC)O1. The summed E-state index contributed by atoms with van der Waals surface area (Å²) in [5, 5.41) is 0. The van der Waals surface area contributed by atoms with Gasteiger partial charge in [-0.15, -0.1) is 0 Å². The molecule has 0 aromatic rings. The van der Waals surface area contributed by atoms with Gasteiger partial charge in [0.15, 0.2) is 6.29 Å². The maximum atomic E-state index is 5.73. The summed E-state index contributed by atoms with van der Waals surface area (Å²) in [4.78, 5) is 0. The summed E-state index contributed by atoms with van der Waals surface area (Å²) in [5.41, 5.74) is 0. The summed E-state index contributed by atoms with van der Waals surface area (Å²) < 4.78 is 11.2. The van der Waals surface area contributed by atoms with E-state index < -0.39 is 0 Å². The van der Waals surface area contributed by atoms with Crippen molar-refractivity contribution in [2.24, 2.45) is 5.92 Å². The summed E-state index contributed by atoms with van der Waals surface area (Å²) in [5.74, 6) is 0.631. The average molecular weight is 172 g/mol. The van der Waals surface area contributed by atoms with Gasteiger partial charge in [-0.3, -0.25) is 0 Å². The summed E-state index contributed by atoms with van der Waals surface area (Å²) in [6.07, 6.45) is 3.76. The molecule has 2 nitrogen and oxygen atoms in total. The minimum absolute atomic E-state index is 0.0778. The Balaban J connectivity index is 2.25. The zero-order valence-corrected chi connectivity index (χ0v) is 8.38. The molecule has 0 aromatic heterocycles. The predicted molar refractivity (Wildman–Crippen MR) is 49.0 cm³/mol. The lowest BCUT2D eigenvalue weighted by Gasteiger charge is -2.15. The Kier molecular flexibility index (Phi) is 4.02. The Morgan fingerprint density at radius 1 is 1.42 bits per heavy atom. The number of hydrogen-bond donors (Lipinski definition) is 0. The van der Waals surface area contributed by atoms with Gasteiger partial charge < -0.3 is 9.47 Å². The van der Waals surface area contributed by atoms with Gasteiger partial charge >= 0.3 is 0 Å². The first-order chi connectivity index (χ1) is 5.77. The van der Waals surface area contributed by atoms with Crippen LogP contribution in [-0.4, -0.2) is 19.0 Å². The van der Waals surface area contributed by atoms with Crippen LogP contribution >= 0.6 is 0 Å². The van der Waals surface area contributed by atoms with Crippen LogP contribution in [0.2, 0.25) is 0 Å². The van der Waals surface area contributed by atoms with Gasteiger partial charge in [-0.25, -0.2) is 0 Å². The van der Waals surface area contributed by atoms with Crippen LogP contribution in [0.3, 0.4) is 0 Å². The van der Waals surface area contributed by atoms with Crippen LogP contribution in [0.4, 0.5) is 0 Å². The molecule has 1 fully saturated rings. The van der Waals surface area contributed by atoms with Crippen LogP contribution in [0, 0.1) is 5.92 Å². The third-order valence-electron chi connectivity index (χ3n) is 2.58. The average Bonchev–Trinajstić information content (AvgIpc) is 2.52. The van der Waals surface area contributed by atoms with Crippen molar-refractivity contribution in [1.82, 2.24) is 0 Å². The highest BCUT2D eigenvalue weighted by atomic mass is 16.7. The summed E-state index contributed by atoms with van der Waals surface area (Å²) in [7, 11) is 0. The molecule has 3 unspecified atom stereocenters. The second kappa shape index (κ2) is 4.83. The van der Waals surface area contributed by atoms with E-state index in [1.54, 1.807) is 0 Å². The molecule has 0 saturated carbocycles. The van der Waals surface area contributed by atoms with Crippen LogP contribution < -0.4 is 0 Å². The predicted octanol–water partition coefficient (Wildman–Crippen LogP) is 2.57. The molecule has 0 bridgehead atoms. The number of ether oxygens (including phenoxy) is 2. The smallest absolute Gasteiger partial charge is 0.158 e. The molecule has 1 rings (SSSR count). The second-order valence-corrected chi connectivity index (χ2v) is 3.61. The molecular formula is C10H20O2. The zero-order valence-electron chi connectivity index (χ0n) is 8.38. The molecule has 0 radical (unpaired) electrons. The first-order valence-electron chi connectivity index (χ1n) is 5.05. The third kappa shape index (κ3) is 2.46. The van der Waals surface area contributed by atoms with Crippen molar-refractivity contribution >= 4 is 0 Å². The molecule has 72 valence electrons. The Morgan fingerprint density at radius 2 is 2.17 bits per heavy atom. The molecule has 0 aromatic carbocycles. The first-order valence-corrected chi connectivity index (χ1v) is 5.05. The van der Waals surface area contributed by atoms with Crippen molar-refractivity contribution in [3.05, 3.63) is 0 Å². The van der Waals surface area contributed by atoms with E-state index in [9.17, 15) is 0 Å². The van der Waals surface area contributed by atoms with Gasteiger partial charge in [0, 0.05) is 0 Å². The van der Waals surface area contributed by atoms with Gasteiger partial charge in [0.25, 0.3) is 0 Å². The highest BCUT2D eigenvalue weighted by Gasteiger charge is 2.28. The molecule has 1 heterocycles. The van der Waals surface area contributed by atoms with E-state index >= 15 is 0 Å². The van der Waals surface area contributed by atoms with Crippen LogP contribution in [0.5, 0.6) is 0 Å². The van der Waals surface area contributed by atoms with Crippen LogP contribution in [-0.2, 0) is 9.47 Å². The topological polar surface area (TPSA) is 18.5 Å². The second-order valence-electron chi connectivity index (χ2n) is 3.61. The highest BCUT2D eigenvalue weighted by molar-refractivity contribution is 4.70. The molecule has 3 atom stereocenters. The highest BCUT2D eigenvalue weighted by Crippen LogP contribution is 2.22. The molecule has 0 aliphatic carbocycles. The van der Waals surface area contributed by atoms with E-state index in [1.165, 1.54) is 6.42 Å². The largest absolute Gasteiger partial charge is 0.350 e. The van der Waals surface area contributed by atoms with Crippen LogP contribution in [0.1, 0.15) is 40.0 Å². The Labute approximate surface area is 75.2 Å². The van der Waals surface area contributed by atoms with E-state index in [4.69, 9.17) is 9.47 Å². The van der Waals surface area contributed by atoms with E-state index in [1.807, 2.05) is 0 Å². The van der Waals surface area contributed by atoms with Crippen molar-refractivity contribution in [2.45, 2.75) is 52.4 Å². The van der Waals surface area contributed by atoms with E-state index in [0.29, 0.717) is 12.0 Å². The minimum atomic E-state index is 0.0778. The van der Waals surface area contributed by atoms with Gasteiger partial charge in [0.1, 0.15) is 0 Å². The molecular weight excluding hydrogens is 152 g/mol. The van der Waals surface area contributed by atoms with Gasteiger partial charge in [-0.2, -0.15) is 0 Å². The lowest BCUT2D eigenvalue weighted by atomic mass is 10.0. The van der Waals surface area contributed by atoms with Crippen molar-refractivity contribution in [3.8, 4) is 0 Å². The lowest BCUT2D eigenvalue weighted by Crippen LogP contribution is -2.20. The van der Waals surface area contributed by atoms with E-state index in [0.717, 1.165) is 19.4 Å². The normalized spacial score (nSPS) is 32.2. The molecule has 0 spiro atoms. The maximum Gasteiger partial charge on any atom is 0.158 e. The summed E-state index contributed by atoms with van der Waals surface area (Å²) >= 11 is 0. The summed E-state index contributed by atoms with van der Waals surface area (Å²) in [6.45, 7) is 7.37. The van der Waals surface area contributed by atoms with E-state index in [2.05, 4.69) is 20.8 Å². The Hall–Kier alpha value is -0.0800. The van der Waals surface area contributed by atoms with Gasteiger partial charge in [-0.05, 0) is 12.3 Å². The van der Waals surface area contributed by atoms with Gasteiger partial charge in [-0.1, -0.05) is 33.6 Å². The molecule has 1 aliphatic rings. The zero-order chi connectivity index (χ0) is 8.97. The fourth-order valence-electron chi connectivity index (χ4n) is 1.42. The fourth-order valence-corrected chi connectivity index (χ4v) is 1.42. The van der Waals surface area contributed by atoms with Gasteiger partial charge in [0.05, 0.1) is 12.7 Å². The summed E-state index contributed by atoms with van der Waals surface area (Å²) in [6, 6.07) is 0. The first kappa shape index (κ1) is 10.0. The molecule has 2 heteroatoms. The van der Waals surface area contributed by atoms with Gasteiger partial charge in [0.2, 0.25) is 0 Å². The quantitative estimate of drug-likeness (QED) is 0.649. The van der Waals surface area contributed by atoms with Crippen molar-refractivity contribution < 1.29 is 9.47 Å². The lowest BCUT2D eigenvalue weighted by molar-refractivity contribution is -0.0701. The number of rotatable bonds is 4.